The molecule has 0 saturated carbocycles. The SMILES string of the molecule is CCC(N)(CC)CNS(=O)(=O)c1cc(C(=O)OC)ccc1C. The second-order valence-corrected chi connectivity index (χ2v) is 7.10. The first-order chi connectivity index (χ1) is 10.2. The van der Waals surface area contributed by atoms with Crippen LogP contribution in [0.1, 0.15) is 42.6 Å². The summed E-state index contributed by atoms with van der Waals surface area (Å²) in [5.74, 6) is -0.577. The standard InChI is InChI=1S/C15H24N2O4S/c1-5-15(16,6-2)10-17-22(19,20)13-9-12(14(18)21-4)8-7-11(13)3/h7-9,17H,5-6,10,16H2,1-4H3. The Labute approximate surface area is 132 Å². The number of nitrogens with two attached hydrogens (primary N) is 1. The number of aryl methyl sites for hydroxylation is 1. The highest BCUT2D eigenvalue weighted by Crippen LogP contribution is 2.19. The molecule has 124 valence electrons. The maximum atomic E-state index is 12.5. The van der Waals surface area contributed by atoms with Crippen molar-refractivity contribution in [2.24, 2.45) is 5.73 Å². The van der Waals surface area contributed by atoms with Crippen molar-refractivity contribution < 1.29 is 17.9 Å². The van der Waals surface area contributed by atoms with E-state index in [1.807, 2.05) is 13.8 Å². The van der Waals surface area contributed by atoms with E-state index in [2.05, 4.69) is 9.46 Å². The molecule has 1 aromatic carbocycles. The molecule has 0 radical (unpaired) electrons. The zero-order valence-corrected chi connectivity index (χ0v) is 14.3. The highest BCUT2D eigenvalue weighted by atomic mass is 32.2. The number of carbonyl (C=O) groups excluding carboxylic acids is 1. The van der Waals surface area contributed by atoms with Gasteiger partial charge in [0, 0.05) is 12.1 Å². The molecule has 0 aliphatic carbocycles. The van der Waals surface area contributed by atoms with E-state index in [1.165, 1.54) is 19.2 Å². The number of hydrogen-bond acceptors (Lipinski definition) is 5. The summed E-state index contributed by atoms with van der Waals surface area (Å²) in [5.41, 5.74) is 6.28. The van der Waals surface area contributed by atoms with E-state index in [1.54, 1.807) is 13.0 Å². The van der Waals surface area contributed by atoms with Crippen molar-refractivity contribution >= 4 is 16.0 Å². The molecule has 0 fully saturated rings. The minimum atomic E-state index is -3.75. The molecule has 7 heteroatoms. The number of nitrogens with one attached hydrogen (secondary N) is 1. The van der Waals surface area contributed by atoms with Gasteiger partial charge in [-0.1, -0.05) is 19.9 Å². The maximum absolute atomic E-state index is 12.5. The summed E-state index contributed by atoms with van der Waals surface area (Å²) in [6.45, 7) is 5.65. The average Bonchev–Trinajstić information content (AvgIpc) is 2.52. The van der Waals surface area contributed by atoms with Crippen LogP contribution in [0, 0.1) is 6.92 Å². The fourth-order valence-electron chi connectivity index (χ4n) is 1.95. The molecule has 0 aliphatic heterocycles. The van der Waals surface area contributed by atoms with Crippen LogP contribution >= 0.6 is 0 Å². The van der Waals surface area contributed by atoms with Crippen LogP contribution in [0.3, 0.4) is 0 Å². The molecule has 0 aromatic heterocycles. The lowest BCUT2D eigenvalue weighted by molar-refractivity contribution is 0.0600. The number of rotatable bonds is 7. The molecule has 0 amide bonds. The number of esters is 1. The third kappa shape index (κ3) is 4.28. The Morgan fingerprint density at radius 1 is 1.32 bits per heavy atom. The van der Waals surface area contributed by atoms with Gasteiger partial charge in [0.2, 0.25) is 10.0 Å². The van der Waals surface area contributed by atoms with Gasteiger partial charge in [-0.15, -0.1) is 0 Å². The summed E-state index contributed by atoms with van der Waals surface area (Å²) in [4.78, 5) is 11.6. The predicted molar refractivity (Wildman–Crippen MR) is 85.2 cm³/mol. The first kappa shape index (κ1) is 18.6. The summed E-state index contributed by atoms with van der Waals surface area (Å²) in [6, 6.07) is 4.43. The van der Waals surface area contributed by atoms with Gasteiger partial charge < -0.3 is 10.5 Å². The van der Waals surface area contributed by atoms with Gasteiger partial charge >= 0.3 is 5.97 Å². The Hall–Kier alpha value is -1.44. The van der Waals surface area contributed by atoms with Gasteiger partial charge in [0.1, 0.15) is 0 Å². The second-order valence-electron chi connectivity index (χ2n) is 5.37. The minimum absolute atomic E-state index is 0.0601. The summed E-state index contributed by atoms with van der Waals surface area (Å²) < 4.78 is 32.1. The summed E-state index contributed by atoms with van der Waals surface area (Å²) in [6.07, 6.45) is 1.32. The monoisotopic (exact) mass is 328 g/mol. The van der Waals surface area contributed by atoms with Crippen molar-refractivity contribution in [2.45, 2.75) is 44.0 Å². The molecule has 0 aliphatic rings. The third-order valence-electron chi connectivity index (χ3n) is 3.92. The van der Waals surface area contributed by atoms with Crippen molar-refractivity contribution in [3.63, 3.8) is 0 Å². The van der Waals surface area contributed by atoms with E-state index < -0.39 is 21.5 Å². The van der Waals surface area contributed by atoms with E-state index in [4.69, 9.17) is 5.73 Å². The van der Waals surface area contributed by atoms with E-state index in [9.17, 15) is 13.2 Å². The lowest BCUT2D eigenvalue weighted by Crippen LogP contribution is -2.49. The number of methoxy groups -OCH3 is 1. The van der Waals surface area contributed by atoms with Gasteiger partial charge in [-0.2, -0.15) is 0 Å². The summed E-state index contributed by atoms with van der Waals surface area (Å²) >= 11 is 0. The molecular formula is C15H24N2O4S. The Morgan fingerprint density at radius 3 is 2.41 bits per heavy atom. The van der Waals surface area contributed by atoms with E-state index >= 15 is 0 Å². The number of sulfonamides is 1. The van der Waals surface area contributed by atoms with Gasteiger partial charge in [0.15, 0.2) is 0 Å². The van der Waals surface area contributed by atoms with Gasteiger partial charge in [-0.25, -0.2) is 17.9 Å². The largest absolute Gasteiger partial charge is 0.465 e. The molecular weight excluding hydrogens is 304 g/mol. The van der Waals surface area contributed by atoms with Crippen LogP contribution in [0.4, 0.5) is 0 Å². The third-order valence-corrected chi connectivity index (χ3v) is 5.46. The first-order valence-corrected chi connectivity index (χ1v) is 8.65. The van der Waals surface area contributed by atoms with Crippen LogP contribution in [-0.4, -0.2) is 33.6 Å². The molecule has 0 bridgehead atoms. The molecule has 0 atom stereocenters. The lowest BCUT2D eigenvalue weighted by Gasteiger charge is -2.26. The van der Waals surface area contributed by atoms with Gasteiger partial charge in [-0.05, 0) is 37.5 Å². The van der Waals surface area contributed by atoms with Crippen LogP contribution < -0.4 is 10.5 Å². The van der Waals surface area contributed by atoms with E-state index in [0.717, 1.165) is 0 Å². The molecule has 0 saturated heterocycles. The summed E-state index contributed by atoms with van der Waals surface area (Å²) in [7, 11) is -2.50. The normalized spacial score (nSPS) is 12.2. The Balaban J connectivity index is 3.10. The van der Waals surface area contributed by atoms with Crippen molar-refractivity contribution in [1.82, 2.24) is 4.72 Å². The Morgan fingerprint density at radius 2 is 1.91 bits per heavy atom. The number of carbonyl (C=O) groups is 1. The van der Waals surface area contributed by atoms with Crippen molar-refractivity contribution in [1.29, 1.82) is 0 Å². The average molecular weight is 328 g/mol. The zero-order valence-electron chi connectivity index (χ0n) is 13.5. The minimum Gasteiger partial charge on any atom is -0.465 e. The Bertz CT molecular complexity index is 637. The quantitative estimate of drug-likeness (QED) is 0.740. The number of benzene rings is 1. The topological polar surface area (TPSA) is 98.5 Å². The van der Waals surface area contributed by atoms with Gasteiger partial charge in [-0.3, -0.25) is 0 Å². The number of hydrogen-bond donors (Lipinski definition) is 2. The fourth-order valence-corrected chi connectivity index (χ4v) is 3.36. The molecule has 3 N–H and O–H groups in total. The van der Waals surface area contributed by atoms with Crippen molar-refractivity contribution in [2.75, 3.05) is 13.7 Å². The summed E-state index contributed by atoms with van der Waals surface area (Å²) in [5, 5.41) is 0. The predicted octanol–water partition coefficient (Wildman–Crippen LogP) is 1.58. The Kier molecular flexibility index (Phi) is 6.10. The molecule has 22 heavy (non-hydrogen) atoms. The smallest absolute Gasteiger partial charge is 0.337 e. The molecule has 6 nitrogen and oxygen atoms in total. The lowest BCUT2D eigenvalue weighted by atomic mass is 9.95. The van der Waals surface area contributed by atoms with Gasteiger partial charge in [0.25, 0.3) is 0 Å². The van der Waals surface area contributed by atoms with Crippen molar-refractivity contribution in [3.8, 4) is 0 Å². The maximum Gasteiger partial charge on any atom is 0.337 e. The van der Waals surface area contributed by atoms with Crippen LogP contribution in [0.5, 0.6) is 0 Å². The van der Waals surface area contributed by atoms with Crippen LogP contribution in [0.2, 0.25) is 0 Å². The fraction of sp³-hybridized carbons (Fsp3) is 0.533. The molecule has 0 spiro atoms. The number of ether oxygens (including phenoxy) is 1. The molecule has 1 aromatic rings. The van der Waals surface area contributed by atoms with E-state index in [-0.39, 0.29) is 17.0 Å². The molecule has 1 rings (SSSR count). The zero-order chi connectivity index (χ0) is 17.0. The van der Waals surface area contributed by atoms with E-state index in [0.29, 0.717) is 18.4 Å². The highest BCUT2D eigenvalue weighted by Gasteiger charge is 2.25. The van der Waals surface area contributed by atoms with Crippen molar-refractivity contribution in [3.05, 3.63) is 29.3 Å². The highest BCUT2D eigenvalue weighted by molar-refractivity contribution is 7.89. The van der Waals surface area contributed by atoms with Crippen LogP contribution in [-0.2, 0) is 14.8 Å². The van der Waals surface area contributed by atoms with Crippen LogP contribution in [0.25, 0.3) is 0 Å². The van der Waals surface area contributed by atoms with Crippen LogP contribution in [0.15, 0.2) is 23.1 Å². The molecule has 0 heterocycles. The first-order valence-electron chi connectivity index (χ1n) is 7.16. The second kappa shape index (κ2) is 7.21. The van der Waals surface area contributed by atoms with Gasteiger partial charge in [0.05, 0.1) is 17.6 Å². The molecule has 0 unspecified atom stereocenters.